The van der Waals surface area contributed by atoms with Crippen LogP contribution >= 0.6 is 22.7 Å². The van der Waals surface area contributed by atoms with Crippen LogP contribution in [0.2, 0.25) is 0 Å². The van der Waals surface area contributed by atoms with E-state index in [4.69, 9.17) is 4.74 Å². The van der Waals surface area contributed by atoms with Gasteiger partial charge in [0.1, 0.15) is 16.6 Å². The number of nitrogens with one attached hydrogen (secondary N) is 1. The van der Waals surface area contributed by atoms with Gasteiger partial charge in [-0.3, -0.25) is 4.79 Å². The van der Waals surface area contributed by atoms with Gasteiger partial charge in [0, 0.05) is 9.75 Å². The van der Waals surface area contributed by atoms with Crippen LogP contribution in [0.25, 0.3) is 6.08 Å². The number of rotatable bonds is 5. The Balaban J connectivity index is 2.30. The van der Waals surface area contributed by atoms with Crippen LogP contribution in [0.3, 0.4) is 0 Å². The molecule has 0 aliphatic rings. The Morgan fingerprint density at radius 2 is 2.17 bits per heavy atom. The third-order valence-corrected chi connectivity index (χ3v) is 5.23. The van der Waals surface area contributed by atoms with Crippen molar-refractivity contribution in [1.29, 1.82) is 5.26 Å². The van der Waals surface area contributed by atoms with Gasteiger partial charge in [0.05, 0.1) is 12.2 Å². The van der Waals surface area contributed by atoms with Gasteiger partial charge in [-0.05, 0) is 43.9 Å². The largest absolute Gasteiger partial charge is 0.462 e. The van der Waals surface area contributed by atoms with Crippen LogP contribution in [0.1, 0.15) is 32.6 Å². The molecule has 2 aromatic rings. The van der Waals surface area contributed by atoms with Crippen molar-refractivity contribution in [3.63, 3.8) is 0 Å². The molecule has 0 spiro atoms. The standard InChI is InChI=1S/C17H16N2O3S2/c1-4-22-17(21)14-10(2)11(3)24-16(14)19-15(20)12(9-18)8-13-6-5-7-23-13/h5-8H,4H2,1-3H3,(H,19,20)/b12-8-. The average Bonchev–Trinajstić information content (AvgIpc) is 3.14. The maximum absolute atomic E-state index is 12.4. The van der Waals surface area contributed by atoms with Gasteiger partial charge in [-0.25, -0.2) is 4.79 Å². The lowest BCUT2D eigenvalue weighted by Crippen LogP contribution is -2.16. The van der Waals surface area contributed by atoms with Crippen LogP contribution in [0.4, 0.5) is 5.00 Å². The number of anilines is 1. The summed E-state index contributed by atoms with van der Waals surface area (Å²) in [5.41, 5.74) is 1.10. The van der Waals surface area contributed by atoms with Crippen LogP contribution in [0.5, 0.6) is 0 Å². The average molecular weight is 360 g/mol. The third kappa shape index (κ3) is 3.91. The van der Waals surface area contributed by atoms with Gasteiger partial charge in [-0.1, -0.05) is 6.07 Å². The molecule has 0 atom stereocenters. The number of hydrogen-bond acceptors (Lipinski definition) is 6. The first-order chi connectivity index (χ1) is 11.5. The lowest BCUT2D eigenvalue weighted by molar-refractivity contribution is -0.112. The molecule has 0 saturated heterocycles. The van der Waals surface area contributed by atoms with E-state index < -0.39 is 11.9 Å². The molecule has 1 amide bonds. The summed E-state index contributed by atoms with van der Waals surface area (Å²) in [6.45, 7) is 5.65. The van der Waals surface area contributed by atoms with Crippen molar-refractivity contribution in [1.82, 2.24) is 0 Å². The summed E-state index contributed by atoms with van der Waals surface area (Å²) in [4.78, 5) is 26.2. The molecule has 0 unspecified atom stereocenters. The van der Waals surface area contributed by atoms with E-state index in [9.17, 15) is 14.9 Å². The Labute approximate surface area is 148 Å². The first-order valence-corrected chi connectivity index (χ1v) is 8.91. The molecule has 7 heteroatoms. The highest BCUT2D eigenvalue weighted by Gasteiger charge is 2.23. The molecule has 5 nitrogen and oxygen atoms in total. The van der Waals surface area contributed by atoms with Crippen LogP contribution in [0.15, 0.2) is 23.1 Å². The third-order valence-electron chi connectivity index (χ3n) is 3.29. The van der Waals surface area contributed by atoms with Crippen molar-refractivity contribution in [2.45, 2.75) is 20.8 Å². The van der Waals surface area contributed by atoms with Crippen molar-refractivity contribution in [2.24, 2.45) is 0 Å². The van der Waals surface area contributed by atoms with E-state index in [0.29, 0.717) is 10.6 Å². The number of thiophene rings is 2. The maximum atomic E-state index is 12.4. The van der Waals surface area contributed by atoms with E-state index in [0.717, 1.165) is 15.3 Å². The SMILES string of the molecule is CCOC(=O)c1c(NC(=O)/C(C#N)=C\c2cccs2)sc(C)c1C. The number of carbonyl (C=O) groups is 2. The van der Waals surface area contributed by atoms with Gasteiger partial charge in [0.25, 0.3) is 5.91 Å². The first kappa shape index (κ1) is 17.9. The zero-order valence-corrected chi connectivity index (χ0v) is 15.1. The Morgan fingerprint density at radius 1 is 1.42 bits per heavy atom. The van der Waals surface area contributed by atoms with Gasteiger partial charge < -0.3 is 10.1 Å². The highest BCUT2D eigenvalue weighted by molar-refractivity contribution is 7.16. The summed E-state index contributed by atoms with van der Waals surface area (Å²) in [5.74, 6) is -1.02. The Hall–Kier alpha value is -2.43. The van der Waals surface area contributed by atoms with E-state index in [2.05, 4.69) is 5.32 Å². The minimum Gasteiger partial charge on any atom is -0.462 e. The number of hydrogen-bond donors (Lipinski definition) is 1. The number of aryl methyl sites for hydroxylation is 1. The number of nitriles is 1. The quantitative estimate of drug-likeness (QED) is 0.493. The van der Waals surface area contributed by atoms with Crippen molar-refractivity contribution in [3.8, 4) is 6.07 Å². The molecule has 124 valence electrons. The van der Waals surface area contributed by atoms with Crippen LogP contribution in [-0.2, 0) is 9.53 Å². The Bertz CT molecular complexity index is 827. The minimum absolute atomic E-state index is 0.0176. The summed E-state index contributed by atoms with van der Waals surface area (Å²) in [7, 11) is 0. The summed E-state index contributed by atoms with van der Waals surface area (Å²) in [5, 5.41) is 14.2. The second-order valence-electron chi connectivity index (χ2n) is 4.85. The normalized spacial score (nSPS) is 11.0. The molecular formula is C17H16N2O3S2. The molecular weight excluding hydrogens is 344 g/mol. The molecule has 0 aromatic carbocycles. The summed E-state index contributed by atoms with van der Waals surface area (Å²) in [6.07, 6.45) is 1.53. The molecule has 0 aliphatic carbocycles. The zero-order chi connectivity index (χ0) is 17.7. The van der Waals surface area contributed by atoms with E-state index >= 15 is 0 Å². The summed E-state index contributed by atoms with van der Waals surface area (Å²) < 4.78 is 5.05. The van der Waals surface area contributed by atoms with Gasteiger partial charge in [-0.15, -0.1) is 22.7 Å². The molecule has 1 N–H and O–H groups in total. The number of nitrogens with zero attached hydrogens (tertiary/aromatic N) is 1. The summed E-state index contributed by atoms with van der Waals surface area (Å²) >= 11 is 2.73. The molecule has 24 heavy (non-hydrogen) atoms. The fraction of sp³-hybridized carbons (Fsp3) is 0.235. The molecule has 0 saturated carbocycles. The highest BCUT2D eigenvalue weighted by Crippen LogP contribution is 2.33. The van der Waals surface area contributed by atoms with Crippen molar-refractivity contribution in [2.75, 3.05) is 11.9 Å². The number of carbonyl (C=O) groups excluding carboxylic acids is 2. The van der Waals surface area contributed by atoms with E-state index in [1.54, 1.807) is 13.8 Å². The smallest absolute Gasteiger partial charge is 0.341 e. The Morgan fingerprint density at radius 3 is 2.75 bits per heavy atom. The fourth-order valence-corrected chi connectivity index (χ4v) is 3.70. The van der Waals surface area contributed by atoms with Gasteiger partial charge in [-0.2, -0.15) is 5.26 Å². The van der Waals surface area contributed by atoms with Crippen LogP contribution in [-0.4, -0.2) is 18.5 Å². The molecule has 2 heterocycles. The van der Waals surface area contributed by atoms with E-state index in [1.807, 2.05) is 30.5 Å². The van der Waals surface area contributed by atoms with Crippen LogP contribution in [0, 0.1) is 25.2 Å². The van der Waals surface area contributed by atoms with Crippen molar-refractivity contribution in [3.05, 3.63) is 44.0 Å². The first-order valence-electron chi connectivity index (χ1n) is 7.21. The van der Waals surface area contributed by atoms with Gasteiger partial charge in [0.2, 0.25) is 0 Å². The second-order valence-corrected chi connectivity index (χ2v) is 7.05. The molecule has 2 aromatic heterocycles. The van der Waals surface area contributed by atoms with Crippen molar-refractivity contribution < 1.29 is 14.3 Å². The van der Waals surface area contributed by atoms with Gasteiger partial charge in [0.15, 0.2) is 0 Å². The lowest BCUT2D eigenvalue weighted by Gasteiger charge is -2.06. The van der Waals surface area contributed by atoms with Gasteiger partial charge >= 0.3 is 5.97 Å². The zero-order valence-electron chi connectivity index (χ0n) is 13.5. The summed E-state index contributed by atoms with van der Waals surface area (Å²) in [6, 6.07) is 5.56. The fourth-order valence-electron chi connectivity index (χ4n) is 2.00. The molecule has 0 fully saturated rings. The monoisotopic (exact) mass is 360 g/mol. The predicted molar refractivity (Wildman–Crippen MR) is 96.3 cm³/mol. The minimum atomic E-state index is -0.544. The second kappa shape index (κ2) is 7.90. The molecule has 0 aliphatic heterocycles. The highest BCUT2D eigenvalue weighted by atomic mass is 32.1. The maximum Gasteiger partial charge on any atom is 0.341 e. The Kier molecular flexibility index (Phi) is 5.90. The lowest BCUT2D eigenvalue weighted by atomic mass is 10.1. The number of esters is 1. The number of amides is 1. The molecule has 0 radical (unpaired) electrons. The van der Waals surface area contributed by atoms with E-state index in [1.165, 1.54) is 28.7 Å². The van der Waals surface area contributed by atoms with Crippen LogP contribution < -0.4 is 5.32 Å². The topological polar surface area (TPSA) is 79.2 Å². The van der Waals surface area contributed by atoms with Crippen molar-refractivity contribution >= 4 is 45.6 Å². The number of ether oxygens (including phenoxy) is 1. The molecule has 2 rings (SSSR count). The van der Waals surface area contributed by atoms with E-state index in [-0.39, 0.29) is 12.2 Å². The predicted octanol–water partition coefficient (Wildman–Crippen LogP) is 4.15. The molecule has 0 bridgehead atoms.